The van der Waals surface area contributed by atoms with Crippen LogP contribution in [0.25, 0.3) is 0 Å². The van der Waals surface area contributed by atoms with Gasteiger partial charge < -0.3 is 0 Å². The van der Waals surface area contributed by atoms with Crippen LogP contribution in [0.15, 0.2) is 0 Å². The summed E-state index contributed by atoms with van der Waals surface area (Å²) < 4.78 is 35.1. The fourth-order valence-electron chi connectivity index (χ4n) is 0.544. The normalized spacial score (nSPS) is 15.0. The van der Waals surface area contributed by atoms with Crippen LogP contribution in [0.1, 0.15) is 20.3 Å². The molecular weight excluding hydrogens is 193 g/mol. The van der Waals surface area contributed by atoms with Crippen molar-refractivity contribution in [3.05, 3.63) is 0 Å². The lowest BCUT2D eigenvalue weighted by Gasteiger charge is -2.11. The summed E-state index contributed by atoms with van der Waals surface area (Å²) in [5.41, 5.74) is 0. The zero-order valence-corrected chi connectivity index (χ0v) is 8.07. The first-order valence-electron chi connectivity index (χ1n) is 3.30. The highest BCUT2D eigenvalue weighted by Gasteiger charge is 2.29. The number of rotatable bonds is 4. The van der Waals surface area contributed by atoms with E-state index in [1.807, 2.05) is 6.92 Å². The van der Waals surface area contributed by atoms with E-state index in [4.69, 9.17) is 0 Å². The molecule has 0 aliphatic carbocycles. The molecule has 0 nitrogen and oxygen atoms in total. The van der Waals surface area contributed by atoms with Crippen LogP contribution in [-0.2, 0) is 0 Å². The molecule has 0 saturated heterocycles. The number of halogens is 3. The molecule has 0 bridgehead atoms. The Morgan fingerprint density at radius 3 is 2.27 bits per heavy atom. The third kappa shape index (κ3) is 8.40. The van der Waals surface area contributed by atoms with Crippen LogP contribution in [-0.4, -0.2) is 17.2 Å². The second-order valence-corrected chi connectivity index (χ2v) is 5.23. The van der Waals surface area contributed by atoms with Crippen molar-refractivity contribution in [1.82, 2.24) is 0 Å². The van der Waals surface area contributed by atoms with Gasteiger partial charge in [0.1, 0.15) is 0 Å². The highest BCUT2D eigenvalue weighted by atomic mass is 33.1. The summed E-state index contributed by atoms with van der Waals surface area (Å²) >= 11 is 0. The van der Waals surface area contributed by atoms with Gasteiger partial charge in [0.25, 0.3) is 0 Å². The van der Waals surface area contributed by atoms with Crippen LogP contribution in [0.3, 0.4) is 0 Å². The highest BCUT2D eigenvalue weighted by molar-refractivity contribution is 8.76. The molecule has 0 aromatic heterocycles. The van der Waals surface area contributed by atoms with Gasteiger partial charge in [0, 0.05) is 11.0 Å². The van der Waals surface area contributed by atoms with E-state index >= 15 is 0 Å². The predicted octanol–water partition coefficient (Wildman–Crippen LogP) is 3.73. The molecule has 0 aliphatic rings. The van der Waals surface area contributed by atoms with E-state index in [-0.39, 0.29) is 5.25 Å². The molecular formula is C6H11F3S2. The monoisotopic (exact) mass is 204 g/mol. The molecule has 1 atom stereocenters. The lowest BCUT2D eigenvalue weighted by molar-refractivity contribution is -0.133. The van der Waals surface area contributed by atoms with Crippen molar-refractivity contribution in [3.63, 3.8) is 0 Å². The van der Waals surface area contributed by atoms with Gasteiger partial charge in [0.15, 0.2) is 0 Å². The molecule has 5 heteroatoms. The summed E-state index contributed by atoms with van der Waals surface area (Å²) in [7, 11) is 2.77. The summed E-state index contributed by atoms with van der Waals surface area (Å²) in [5, 5.41) is -0.333. The van der Waals surface area contributed by atoms with Crippen molar-refractivity contribution in [2.45, 2.75) is 31.7 Å². The topological polar surface area (TPSA) is 0 Å². The van der Waals surface area contributed by atoms with Crippen LogP contribution in [0.5, 0.6) is 0 Å². The van der Waals surface area contributed by atoms with Crippen molar-refractivity contribution in [2.24, 2.45) is 0 Å². The fourth-order valence-corrected chi connectivity index (χ4v) is 2.48. The zero-order valence-electron chi connectivity index (χ0n) is 6.44. The van der Waals surface area contributed by atoms with Crippen LogP contribution in [0, 0.1) is 0 Å². The summed E-state index contributed by atoms with van der Waals surface area (Å²) in [6.45, 7) is 3.53. The Balaban J connectivity index is 3.44. The van der Waals surface area contributed by atoms with Gasteiger partial charge in [0.05, 0.1) is 6.42 Å². The zero-order chi connectivity index (χ0) is 8.91. The quantitative estimate of drug-likeness (QED) is 0.640. The average molecular weight is 204 g/mol. The molecule has 0 rings (SSSR count). The van der Waals surface area contributed by atoms with Gasteiger partial charge in [-0.2, -0.15) is 13.2 Å². The Hall–Kier alpha value is 0.490. The third-order valence-electron chi connectivity index (χ3n) is 0.869. The molecule has 0 aromatic carbocycles. The maximum Gasteiger partial charge on any atom is 0.390 e. The van der Waals surface area contributed by atoms with Crippen molar-refractivity contribution in [1.29, 1.82) is 0 Å². The number of hydrogen-bond acceptors (Lipinski definition) is 2. The van der Waals surface area contributed by atoms with E-state index in [0.29, 0.717) is 0 Å². The minimum Gasteiger partial charge on any atom is -0.171 e. The smallest absolute Gasteiger partial charge is 0.171 e. The molecule has 68 valence electrons. The minimum absolute atomic E-state index is 0.333. The Morgan fingerprint density at radius 1 is 1.36 bits per heavy atom. The Bertz CT molecular complexity index is 102. The van der Waals surface area contributed by atoms with Crippen molar-refractivity contribution >= 4 is 21.6 Å². The maximum atomic E-state index is 11.7. The molecule has 0 spiro atoms. The standard InChI is InChI=1S/C6H11F3S2/c1-3-10-11-5(2)4-6(7,8)9/h5H,3-4H2,1-2H3/t5-/m1/s1. The van der Waals surface area contributed by atoms with Crippen molar-refractivity contribution < 1.29 is 13.2 Å². The largest absolute Gasteiger partial charge is 0.390 e. The van der Waals surface area contributed by atoms with E-state index in [9.17, 15) is 13.2 Å². The summed E-state index contributed by atoms with van der Waals surface area (Å²) in [6.07, 6.45) is -4.70. The molecule has 0 unspecified atom stereocenters. The first-order chi connectivity index (χ1) is 4.95. The number of alkyl halides is 3. The summed E-state index contributed by atoms with van der Waals surface area (Å²) in [6, 6.07) is 0. The first kappa shape index (κ1) is 11.5. The van der Waals surface area contributed by atoms with Gasteiger partial charge in [0.2, 0.25) is 0 Å². The SMILES string of the molecule is CCSS[C@H](C)CC(F)(F)F. The minimum atomic E-state index is -4.01. The van der Waals surface area contributed by atoms with E-state index in [1.54, 1.807) is 6.92 Å². The second-order valence-electron chi connectivity index (χ2n) is 2.13. The van der Waals surface area contributed by atoms with Gasteiger partial charge in [-0.3, -0.25) is 0 Å². The molecule has 11 heavy (non-hydrogen) atoms. The lowest BCUT2D eigenvalue weighted by Crippen LogP contribution is -2.13. The lowest BCUT2D eigenvalue weighted by atomic mass is 10.3. The van der Waals surface area contributed by atoms with Crippen molar-refractivity contribution in [3.8, 4) is 0 Å². The summed E-state index contributed by atoms with van der Waals surface area (Å²) in [5.74, 6) is 0.854. The maximum absolute atomic E-state index is 11.7. The van der Waals surface area contributed by atoms with E-state index in [0.717, 1.165) is 5.75 Å². The van der Waals surface area contributed by atoms with E-state index < -0.39 is 12.6 Å². The fraction of sp³-hybridized carbons (Fsp3) is 1.00. The highest BCUT2D eigenvalue weighted by Crippen LogP contribution is 2.33. The Kier molecular flexibility index (Phi) is 5.42. The number of hydrogen-bond donors (Lipinski definition) is 0. The Morgan fingerprint density at radius 2 is 1.91 bits per heavy atom. The van der Waals surface area contributed by atoms with Crippen LogP contribution in [0.2, 0.25) is 0 Å². The predicted molar refractivity (Wildman–Crippen MR) is 45.9 cm³/mol. The van der Waals surface area contributed by atoms with E-state index in [1.165, 1.54) is 21.6 Å². The van der Waals surface area contributed by atoms with Crippen LogP contribution >= 0.6 is 21.6 Å². The van der Waals surface area contributed by atoms with Gasteiger partial charge in [-0.25, -0.2) is 0 Å². The van der Waals surface area contributed by atoms with Crippen molar-refractivity contribution in [2.75, 3.05) is 5.75 Å². The molecule has 0 aromatic rings. The van der Waals surface area contributed by atoms with E-state index in [2.05, 4.69) is 0 Å². The first-order valence-corrected chi connectivity index (χ1v) is 5.69. The van der Waals surface area contributed by atoms with Crippen LogP contribution < -0.4 is 0 Å². The molecule has 0 radical (unpaired) electrons. The van der Waals surface area contributed by atoms with Gasteiger partial charge >= 0.3 is 6.18 Å². The Labute approximate surface area is 72.7 Å². The average Bonchev–Trinajstić information content (AvgIpc) is 1.79. The molecule has 0 amide bonds. The molecule has 0 N–H and O–H groups in total. The van der Waals surface area contributed by atoms with Gasteiger partial charge in [-0.1, -0.05) is 35.4 Å². The molecule has 0 aliphatic heterocycles. The van der Waals surface area contributed by atoms with Gasteiger partial charge in [-0.15, -0.1) is 0 Å². The second kappa shape index (κ2) is 5.19. The third-order valence-corrected chi connectivity index (χ3v) is 3.84. The summed E-state index contributed by atoms with van der Waals surface area (Å²) in [4.78, 5) is 0. The molecule has 0 saturated carbocycles. The van der Waals surface area contributed by atoms with Crippen LogP contribution in [0.4, 0.5) is 13.2 Å². The molecule has 0 fully saturated rings. The molecule has 0 heterocycles. The van der Waals surface area contributed by atoms with Gasteiger partial charge in [-0.05, 0) is 0 Å².